The zero-order valence-electron chi connectivity index (χ0n) is 10.5. The van der Waals surface area contributed by atoms with E-state index in [-0.39, 0.29) is 17.7 Å². The van der Waals surface area contributed by atoms with Crippen LogP contribution in [0.5, 0.6) is 0 Å². The minimum atomic E-state index is -0.499. The summed E-state index contributed by atoms with van der Waals surface area (Å²) >= 11 is 0. The van der Waals surface area contributed by atoms with Crippen molar-refractivity contribution in [2.24, 2.45) is 0 Å². The van der Waals surface area contributed by atoms with E-state index in [1.54, 1.807) is 6.07 Å². The van der Waals surface area contributed by atoms with Crippen molar-refractivity contribution >= 4 is 17.3 Å². The predicted molar refractivity (Wildman–Crippen MR) is 68.0 cm³/mol. The molecular formula is C15H11FO4. The maximum absolute atomic E-state index is 12.7. The Morgan fingerprint density at radius 3 is 2.20 bits per heavy atom. The summed E-state index contributed by atoms with van der Waals surface area (Å²) in [7, 11) is 0. The molecule has 0 amide bonds. The summed E-state index contributed by atoms with van der Waals surface area (Å²) in [5.74, 6) is -1.77. The van der Waals surface area contributed by atoms with E-state index in [0.717, 1.165) is 12.1 Å². The molecule has 0 aliphatic carbocycles. The lowest BCUT2D eigenvalue weighted by molar-refractivity contribution is -0.117. The number of benzene rings is 1. The fraction of sp³-hybridized carbons (Fsp3) is 0.133. The maximum Gasteiger partial charge on any atom is 0.205 e. The van der Waals surface area contributed by atoms with Gasteiger partial charge in [0.2, 0.25) is 5.78 Å². The van der Waals surface area contributed by atoms with Gasteiger partial charge in [-0.1, -0.05) is 0 Å². The van der Waals surface area contributed by atoms with Crippen molar-refractivity contribution in [1.82, 2.24) is 0 Å². The quantitative estimate of drug-likeness (QED) is 0.600. The lowest BCUT2D eigenvalue weighted by Gasteiger charge is -2.00. The summed E-state index contributed by atoms with van der Waals surface area (Å²) in [6.45, 7) is 0. The number of hydrogen-bond acceptors (Lipinski definition) is 4. The van der Waals surface area contributed by atoms with Gasteiger partial charge in [0.25, 0.3) is 0 Å². The van der Waals surface area contributed by atoms with Crippen molar-refractivity contribution in [2.45, 2.75) is 12.8 Å². The molecule has 0 saturated carbocycles. The SMILES string of the molecule is O=C(CC(=O)c1ccc(F)cc1)CC(=O)c1ccco1. The van der Waals surface area contributed by atoms with Crippen LogP contribution in [0.4, 0.5) is 4.39 Å². The number of ketones is 3. The Kier molecular flexibility index (Phi) is 4.20. The maximum atomic E-state index is 12.7. The number of Topliss-reactive ketones (excluding diaryl/α,β-unsaturated/α-hetero) is 3. The molecule has 102 valence electrons. The van der Waals surface area contributed by atoms with E-state index in [0.29, 0.717) is 0 Å². The van der Waals surface area contributed by atoms with E-state index in [1.807, 2.05) is 0 Å². The van der Waals surface area contributed by atoms with Gasteiger partial charge in [-0.15, -0.1) is 0 Å². The summed E-state index contributed by atoms with van der Waals surface area (Å²) in [6, 6.07) is 7.90. The largest absolute Gasteiger partial charge is 0.461 e. The molecule has 0 spiro atoms. The van der Waals surface area contributed by atoms with Crippen LogP contribution in [0.2, 0.25) is 0 Å². The average molecular weight is 274 g/mol. The normalized spacial score (nSPS) is 10.2. The molecule has 0 radical (unpaired) electrons. The summed E-state index contributed by atoms with van der Waals surface area (Å²) in [5, 5.41) is 0. The Bertz CT molecular complexity index is 626. The highest BCUT2D eigenvalue weighted by Gasteiger charge is 2.17. The topological polar surface area (TPSA) is 64.3 Å². The molecule has 1 heterocycles. The van der Waals surface area contributed by atoms with Crippen LogP contribution in [0.1, 0.15) is 33.8 Å². The average Bonchev–Trinajstić information content (AvgIpc) is 2.93. The summed E-state index contributed by atoms with van der Waals surface area (Å²) in [6.07, 6.45) is 0.555. The number of rotatable bonds is 6. The fourth-order valence-electron chi connectivity index (χ4n) is 1.68. The molecule has 0 aliphatic heterocycles. The van der Waals surface area contributed by atoms with E-state index in [9.17, 15) is 18.8 Å². The third-order valence-electron chi connectivity index (χ3n) is 2.68. The highest BCUT2D eigenvalue weighted by molar-refractivity contribution is 6.14. The van der Waals surface area contributed by atoms with Gasteiger partial charge in [-0.2, -0.15) is 0 Å². The molecule has 1 aromatic carbocycles. The van der Waals surface area contributed by atoms with Crippen LogP contribution in [0, 0.1) is 5.82 Å². The van der Waals surface area contributed by atoms with E-state index < -0.39 is 29.6 Å². The molecule has 0 fully saturated rings. The number of hydrogen-bond donors (Lipinski definition) is 0. The first-order chi connectivity index (χ1) is 9.56. The van der Waals surface area contributed by atoms with Gasteiger partial charge in [0.05, 0.1) is 19.1 Å². The minimum Gasteiger partial charge on any atom is -0.461 e. The van der Waals surface area contributed by atoms with Crippen LogP contribution in [-0.2, 0) is 4.79 Å². The van der Waals surface area contributed by atoms with Crippen molar-refractivity contribution in [2.75, 3.05) is 0 Å². The van der Waals surface area contributed by atoms with E-state index in [2.05, 4.69) is 0 Å². The summed E-state index contributed by atoms with van der Waals surface area (Å²) in [5.41, 5.74) is 0.241. The van der Waals surface area contributed by atoms with Crippen molar-refractivity contribution < 1.29 is 23.2 Å². The second kappa shape index (κ2) is 6.06. The van der Waals surface area contributed by atoms with E-state index in [4.69, 9.17) is 4.42 Å². The van der Waals surface area contributed by atoms with Gasteiger partial charge in [0.15, 0.2) is 11.5 Å². The number of carbonyl (C=O) groups excluding carboxylic acids is 3. The monoisotopic (exact) mass is 274 g/mol. The first kappa shape index (κ1) is 13.9. The molecule has 4 nitrogen and oxygen atoms in total. The van der Waals surface area contributed by atoms with Crippen LogP contribution in [0.15, 0.2) is 47.1 Å². The molecule has 2 aromatic rings. The number of furan rings is 1. The zero-order chi connectivity index (χ0) is 14.5. The van der Waals surface area contributed by atoms with Gasteiger partial charge >= 0.3 is 0 Å². The van der Waals surface area contributed by atoms with E-state index >= 15 is 0 Å². The molecule has 0 bridgehead atoms. The van der Waals surface area contributed by atoms with Crippen molar-refractivity contribution in [3.05, 3.63) is 59.8 Å². The van der Waals surface area contributed by atoms with Crippen molar-refractivity contribution in [3.8, 4) is 0 Å². The standard InChI is InChI=1S/C15H11FO4/c16-11-5-3-10(4-6-11)13(18)8-12(17)9-14(19)15-2-1-7-20-15/h1-7H,8-9H2. The van der Waals surface area contributed by atoms with Crippen LogP contribution in [0.3, 0.4) is 0 Å². The Labute approximate surface area is 114 Å². The first-order valence-corrected chi connectivity index (χ1v) is 5.93. The smallest absolute Gasteiger partial charge is 0.205 e. The molecule has 0 unspecified atom stereocenters. The lowest BCUT2D eigenvalue weighted by Crippen LogP contribution is -2.12. The third kappa shape index (κ3) is 3.47. The number of carbonyl (C=O) groups is 3. The molecule has 2 rings (SSSR count). The second-order valence-corrected chi connectivity index (χ2v) is 4.22. The molecule has 0 atom stereocenters. The predicted octanol–water partition coefficient (Wildman–Crippen LogP) is 2.83. The summed E-state index contributed by atoms with van der Waals surface area (Å²) < 4.78 is 17.6. The number of halogens is 1. The molecule has 5 heteroatoms. The second-order valence-electron chi connectivity index (χ2n) is 4.22. The first-order valence-electron chi connectivity index (χ1n) is 5.93. The van der Waals surface area contributed by atoms with Crippen LogP contribution in [-0.4, -0.2) is 17.3 Å². The zero-order valence-corrected chi connectivity index (χ0v) is 10.5. The van der Waals surface area contributed by atoms with Gasteiger partial charge in [-0.25, -0.2) is 4.39 Å². The van der Waals surface area contributed by atoms with Gasteiger partial charge < -0.3 is 4.42 Å². The lowest BCUT2D eigenvalue weighted by atomic mass is 10.0. The van der Waals surface area contributed by atoms with Crippen LogP contribution >= 0.6 is 0 Å². The van der Waals surface area contributed by atoms with Gasteiger partial charge in [-0.3, -0.25) is 14.4 Å². The van der Waals surface area contributed by atoms with Gasteiger partial charge in [-0.05, 0) is 36.4 Å². The summed E-state index contributed by atoms with van der Waals surface area (Å²) in [4.78, 5) is 35.0. The van der Waals surface area contributed by atoms with Crippen LogP contribution < -0.4 is 0 Å². The van der Waals surface area contributed by atoms with Crippen LogP contribution in [0.25, 0.3) is 0 Å². The fourth-order valence-corrected chi connectivity index (χ4v) is 1.68. The third-order valence-corrected chi connectivity index (χ3v) is 2.68. The molecule has 0 saturated heterocycles. The van der Waals surface area contributed by atoms with Gasteiger partial charge in [0, 0.05) is 5.56 Å². The Hall–Kier alpha value is -2.56. The molecule has 20 heavy (non-hydrogen) atoms. The van der Waals surface area contributed by atoms with Crippen molar-refractivity contribution in [3.63, 3.8) is 0 Å². The Balaban J connectivity index is 1.93. The molecular weight excluding hydrogens is 263 g/mol. The van der Waals surface area contributed by atoms with Crippen molar-refractivity contribution in [1.29, 1.82) is 0 Å². The molecule has 1 aromatic heterocycles. The van der Waals surface area contributed by atoms with Gasteiger partial charge in [0.1, 0.15) is 11.6 Å². The Morgan fingerprint density at radius 2 is 1.60 bits per heavy atom. The van der Waals surface area contributed by atoms with E-state index in [1.165, 1.54) is 24.5 Å². The minimum absolute atomic E-state index is 0.0904. The highest BCUT2D eigenvalue weighted by Crippen LogP contribution is 2.09. The molecule has 0 N–H and O–H groups in total. The highest BCUT2D eigenvalue weighted by atomic mass is 19.1. The molecule has 0 aliphatic rings. The Morgan fingerprint density at radius 1 is 0.950 bits per heavy atom.